The fraction of sp³-hybridized carbons (Fsp3) is 0.833. The second-order valence-corrected chi connectivity index (χ2v) is 4.80. The lowest BCUT2D eigenvalue weighted by Gasteiger charge is -2.27. The number of nitrogens with one attached hydrogen (secondary N) is 2. The van der Waals surface area contributed by atoms with Crippen LogP contribution in [0.1, 0.15) is 20.3 Å². The van der Waals surface area contributed by atoms with E-state index in [9.17, 15) is 9.59 Å². The van der Waals surface area contributed by atoms with Gasteiger partial charge in [0, 0.05) is 26.2 Å². The zero-order valence-corrected chi connectivity index (χ0v) is 11.1. The summed E-state index contributed by atoms with van der Waals surface area (Å²) in [5.41, 5.74) is 0. The van der Waals surface area contributed by atoms with E-state index < -0.39 is 12.0 Å². The van der Waals surface area contributed by atoms with Gasteiger partial charge in [0.1, 0.15) is 6.04 Å². The highest BCUT2D eigenvalue weighted by Crippen LogP contribution is 2.07. The standard InChI is InChI=1S/C12H23N3O3/c1-3-9(2)11(12(17)18)14-10(16)8-15-6-4-13-5-7-15/h9,11,13H,3-8H2,1-2H3,(H,14,16)(H,17,18)/t9-,11-/m0/s1. The van der Waals surface area contributed by atoms with Crippen LogP contribution in [0.25, 0.3) is 0 Å². The molecule has 6 nitrogen and oxygen atoms in total. The fourth-order valence-electron chi connectivity index (χ4n) is 1.97. The molecule has 0 saturated carbocycles. The van der Waals surface area contributed by atoms with Crippen molar-refractivity contribution in [3.05, 3.63) is 0 Å². The van der Waals surface area contributed by atoms with E-state index in [2.05, 4.69) is 10.6 Å². The summed E-state index contributed by atoms with van der Waals surface area (Å²) in [4.78, 5) is 24.9. The summed E-state index contributed by atoms with van der Waals surface area (Å²) >= 11 is 0. The molecule has 1 fully saturated rings. The molecule has 1 saturated heterocycles. The third-order valence-electron chi connectivity index (χ3n) is 3.37. The Balaban J connectivity index is 2.42. The lowest BCUT2D eigenvalue weighted by Crippen LogP contribution is -2.51. The van der Waals surface area contributed by atoms with Crippen molar-refractivity contribution in [3.63, 3.8) is 0 Å². The van der Waals surface area contributed by atoms with Gasteiger partial charge in [-0.2, -0.15) is 0 Å². The first kappa shape index (κ1) is 14.9. The van der Waals surface area contributed by atoms with Crippen molar-refractivity contribution in [2.24, 2.45) is 5.92 Å². The van der Waals surface area contributed by atoms with Crippen molar-refractivity contribution in [2.45, 2.75) is 26.3 Å². The molecule has 2 atom stereocenters. The van der Waals surface area contributed by atoms with E-state index in [1.165, 1.54) is 0 Å². The van der Waals surface area contributed by atoms with Gasteiger partial charge in [0.2, 0.25) is 5.91 Å². The molecule has 0 bridgehead atoms. The first-order valence-electron chi connectivity index (χ1n) is 6.49. The molecule has 6 heteroatoms. The molecule has 1 heterocycles. The maximum atomic E-state index is 11.8. The number of amides is 1. The van der Waals surface area contributed by atoms with E-state index in [-0.39, 0.29) is 18.4 Å². The minimum atomic E-state index is -0.960. The third kappa shape index (κ3) is 4.62. The zero-order valence-electron chi connectivity index (χ0n) is 11.1. The van der Waals surface area contributed by atoms with Crippen molar-refractivity contribution < 1.29 is 14.7 Å². The molecule has 1 aliphatic heterocycles. The van der Waals surface area contributed by atoms with Crippen LogP contribution < -0.4 is 10.6 Å². The van der Waals surface area contributed by atoms with Crippen molar-refractivity contribution in [3.8, 4) is 0 Å². The quantitative estimate of drug-likeness (QED) is 0.598. The predicted octanol–water partition coefficient (Wildman–Crippen LogP) is -0.493. The van der Waals surface area contributed by atoms with Gasteiger partial charge in [-0.15, -0.1) is 0 Å². The molecule has 18 heavy (non-hydrogen) atoms. The van der Waals surface area contributed by atoms with Gasteiger partial charge in [0.25, 0.3) is 0 Å². The molecule has 0 aliphatic carbocycles. The van der Waals surface area contributed by atoms with Crippen molar-refractivity contribution in [1.82, 2.24) is 15.5 Å². The third-order valence-corrected chi connectivity index (χ3v) is 3.37. The lowest BCUT2D eigenvalue weighted by atomic mass is 9.99. The van der Waals surface area contributed by atoms with Crippen LogP contribution in [0.2, 0.25) is 0 Å². The smallest absolute Gasteiger partial charge is 0.326 e. The highest BCUT2D eigenvalue weighted by Gasteiger charge is 2.26. The molecule has 104 valence electrons. The number of aliphatic carboxylic acids is 1. The average molecular weight is 257 g/mol. The molecule has 0 aromatic carbocycles. The maximum Gasteiger partial charge on any atom is 0.326 e. The van der Waals surface area contributed by atoms with Crippen LogP contribution in [-0.4, -0.2) is 60.6 Å². The maximum absolute atomic E-state index is 11.8. The van der Waals surface area contributed by atoms with Crippen LogP contribution in [0.15, 0.2) is 0 Å². The fourth-order valence-corrected chi connectivity index (χ4v) is 1.97. The lowest BCUT2D eigenvalue weighted by molar-refractivity contribution is -0.143. The van der Waals surface area contributed by atoms with Crippen LogP contribution in [0, 0.1) is 5.92 Å². The first-order chi connectivity index (χ1) is 8.54. The Morgan fingerprint density at radius 3 is 2.50 bits per heavy atom. The molecule has 0 spiro atoms. The summed E-state index contributed by atoms with van der Waals surface area (Å²) in [5.74, 6) is -1.22. The topological polar surface area (TPSA) is 81.7 Å². The Hall–Kier alpha value is -1.14. The van der Waals surface area contributed by atoms with E-state index in [0.717, 1.165) is 32.6 Å². The van der Waals surface area contributed by atoms with E-state index in [0.29, 0.717) is 0 Å². The van der Waals surface area contributed by atoms with E-state index >= 15 is 0 Å². The Kier molecular flexibility index (Phi) is 6.07. The Morgan fingerprint density at radius 2 is 2.00 bits per heavy atom. The van der Waals surface area contributed by atoms with E-state index in [1.54, 1.807) is 0 Å². The average Bonchev–Trinajstić information content (AvgIpc) is 2.36. The number of carboxylic acids is 1. The first-order valence-corrected chi connectivity index (χ1v) is 6.49. The molecule has 0 aromatic heterocycles. The Morgan fingerprint density at radius 1 is 1.39 bits per heavy atom. The summed E-state index contributed by atoms with van der Waals surface area (Å²) in [6.45, 7) is 7.44. The SMILES string of the molecule is CC[C@H](C)[C@H](NC(=O)CN1CCNCC1)C(=O)O. The molecule has 3 N–H and O–H groups in total. The number of carbonyl (C=O) groups is 2. The normalized spacial score (nSPS) is 20.1. The molecule has 0 unspecified atom stereocenters. The highest BCUT2D eigenvalue weighted by atomic mass is 16.4. The molecular formula is C12H23N3O3. The molecule has 0 radical (unpaired) electrons. The van der Waals surface area contributed by atoms with Gasteiger partial charge in [-0.25, -0.2) is 4.79 Å². The van der Waals surface area contributed by atoms with Crippen molar-refractivity contribution in [2.75, 3.05) is 32.7 Å². The number of piperazine rings is 1. The monoisotopic (exact) mass is 257 g/mol. The van der Waals surface area contributed by atoms with Crippen molar-refractivity contribution >= 4 is 11.9 Å². The van der Waals surface area contributed by atoms with Gasteiger partial charge in [-0.05, 0) is 5.92 Å². The molecular weight excluding hydrogens is 234 g/mol. The summed E-state index contributed by atoms with van der Waals surface area (Å²) in [6.07, 6.45) is 0.727. The summed E-state index contributed by atoms with van der Waals surface area (Å²) in [5, 5.41) is 14.9. The number of rotatable bonds is 6. The number of hydrogen-bond acceptors (Lipinski definition) is 4. The molecule has 0 aromatic rings. The summed E-state index contributed by atoms with van der Waals surface area (Å²) < 4.78 is 0. The van der Waals surface area contributed by atoms with Crippen LogP contribution in [0.5, 0.6) is 0 Å². The van der Waals surface area contributed by atoms with E-state index in [4.69, 9.17) is 5.11 Å². The Bertz CT molecular complexity index is 290. The largest absolute Gasteiger partial charge is 0.480 e. The van der Waals surface area contributed by atoms with Gasteiger partial charge >= 0.3 is 5.97 Å². The highest BCUT2D eigenvalue weighted by molar-refractivity contribution is 5.84. The summed E-state index contributed by atoms with van der Waals surface area (Å²) in [7, 11) is 0. The number of carbonyl (C=O) groups excluding carboxylic acids is 1. The Labute approximate surface area is 108 Å². The zero-order chi connectivity index (χ0) is 13.5. The van der Waals surface area contributed by atoms with Gasteiger partial charge in [-0.3, -0.25) is 9.69 Å². The van der Waals surface area contributed by atoms with Crippen LogP contribution >= 0.6 is 0 Å². The predicted molar refractivity (Wildman–Crippen MR) is 68.3 cm³/mol. The van der Waals surface area contributed by atoms with Crippen LogP contribution in [0.4, 0.5) is 0 Å². The van der Waals surface area contributed by atoms with E-state index in [1.807, 2.05) is 18.7 Å². The van der Waals surface area contributed by atoms with Gasteiger partial charge in [0.15, 0.2) is 0 Å². The van der Waals surface area contributed by atoms with Gasteiger partial charge in [0.05, 0.1) is 6.54 Å². The van der Waals surface area contributed by atoms with Crippen LogP contribution in [-0.2, 0) is 9.59 Å². The number of carboxylic acid groups (broad SMARTS) is 1. The minimum absolute atomic E-state index is 0.0607. The van der Waals surface area contributed by atoms with Crippen LogP contribution in [0.3, 0.4) is 0 Å². The van der Waals surface area contributed by atoms with Crippen molar-refractivity contribution in [1.29, 1.82) is 0 Å². The summed E-state index contributed by atoms with van der Waals surface area (Å²) in [6, 6.07) is -0.787. The van der Waals surface area contributed by atoms with Gasteiger partial charge in [-0.1, -0.05) is 20.3 Å². The second-order valence-electron chi connectivity index (χ2n) is 4.80. The molecule has 1 amide bonds. The number of nitrogens with zero attached hydrogens (tertiary/aromatic N) is 1. The molecule has 1 aliphatic rings. The second kappa shape index (κ2) is 7.33. The minimum Gasteiger partial charge on any atom is -0.480 e. The van der Waals surface area contributed by atoms with Gasteiger partial charge < -0.3 is 15.7 Å². The number of hydrogen-bond donors (Lipinski definition) is 3. The molecule has 1 rings (SSSR count).